The fraction of sp³-hybridized carbons (Fsp3) is 0.447. The van der Waals surface area contributed by atoms with Crippen molar-refractivity contribution in [3.05, 3.63) is 71.9 Å². The molecule has 9 heterocycles. The van der Waals surface area contributed by atoms with Gasteiger partial charge >= 0.3 is 0 Å². The zero-order valence-corrected chi connectivity index (χ0v) is 37.8. The Bertz CT molecular complexity index is 2570. The minimum atomic E-state index is -0.0694. The number of carbonyl (C=O) groups excluding carboxylic acids is 2. The van der Waals surface area contributed by atoms with Crippen molar-refractivity contribution in [2.24, 2.45) is 11.8 Å². The van der Waals surface area contributed by atoms with Gasteiger partial charge in [0.05, 0.1) is 85.9 Å². The molecule has 2 amide bonds. The number of aromatic nitrogens is 4. The summed E-state index contributed by atoms with van der Waals surface area (Å²) in [4.78, 5) is 49.0. The van der Waals surface area contributed by atoms with Gasteiger partial charge in [-0.05, 0) is 62.4 Å². The van der Waals surface area contributed by atoms with Gasteiger partial charge in [-0.3, -0.25) is 24.5 Å². The van der Waals surface area contributed by atoms with Gasteiger partial charge in [-0.25, -0.2) is 9.97 Å². The molecule has 15 nitrogen and oxygen atoms in total. The topological polar surface area (TPSA) is 159 Å². The monoisotopic (exact) mass is 902 g/mol. The van der Waals surface area contributed by atoms with Crippen molar-refractivity contribution in [3.63, 3.8) is 0 Å². The number of hydrogen-bond donors (Lipinski definition) is 3. The van der Waals surface area contributed by atoms with Gasteiger partial charge in [0.15, 0.2) is 0 Å². The molecule has 4 aromatic heterocycles. The Morgan fingerprint density at radius 2 is 1.16 bits per heavy atom. The summed E-state index contributed by atoms with van der Waals surface area (Å²) in [6, 6.07) is 17.3. The normalized spacial score (nSPS) is 21.5. The number of thiazole rings is 2. The van der Waals surface area contributed by atoms with E-state index < -0.39 is 0 Å². The Balaban J connectivity index is 0.000000153. The number of benzene rings is 2. The van der Waals surface area contributed by atoms with Crippen molar-refractivity contribution in [3.8, 4) is 34.0 Å². The number of ether oxygens (including phenoxy) is 3. The van der Waals surface area contributed by atoms with Crippen molar-refractivity contribution in [1.82, 2.24) is 40.8 Å². The first-order chi connectivity index (χ1) is 31.3. The summed E-state index contributed by atoms with van der Waals surface area (Å²) in [7, 11) is 0. The van der Waals surface area contributed by atoms with Crippen LogP contribution in [0.1, 0.15) is 26.7 Å². The van der Waals surface area contributed by atoms with E-state index in [9.17, 15) is 9.59 Å². The van der Waals surface area contributed by atoms with Gasteiger partial charge in [0.25, 0.3) is 0 Å². The van der Waals surface area contributed by atoms with Crippen LogP contribution in [0.15, 0.2) is 71.9 Å². The highest BCUT2D eigenvalue weighted by Crippen LogP contribution is 2.38. The zero-order valence-electron chi connectivity index (χ0n) is 36.2. The number of pyridine rings is 2. The van der Waals surface area contributed by atoms with E-state index in [-0.39, 0.29) is 35.9 Å². The molecule has 3 N–H and O–H groups in total. The zero-order chi connectivity index (χ0) is 43.6. The average molecular weight is 903 g/mol. The lowest BCUT2D eigenvalue weighted by molar-refractivity contribution is -0.120. The van der Waals surface area contributed by atoms with Gasteiger partial charge in [0, 0.05) is 101 Å². The molecule has 334 valence electrons. The molecule has 6 aromatic rings. The smallest absolute Gasteiger partial charge is 0.220 e. The van der Waals surface area contributed by atoms with E-state index in [4.69, 9.17) is 24.2 Å². The number of amides is 2. The van der Waals surface area contributed by atoms with Crippen LogP contribution >= 0.6 is 22.7 Å². The summed E-state index contributed by atoms with van der Waals surface area (Å²) in [5.74, 6) is 2.17. The summed E-state index contributed by atoms with van der Waals surface area (Å²) in [6.07, 6.45) is 4.82. The van der Waals surface area contributed by atoms with Crippen LogP contribution in [-0.4, -0.2) is 134 Å². The molecule has 0 saturated carbocycles. The second-order valence-corrected chi connectivity index (χ2v) is 19.0. The molecule has 0 aliphatic carbocycles. The van der Waals surface area contributed by atoms with Crippen molar-refractivity contribution >= 4 is 66.3 Å². The predicted molar refractivity (Wildman–Crippen MR) is 252 cm³/mol. The number of piperazine rings is 2. The van der Waals surface area contributed by atoms with Crippen LogP contribution in [-0.2, 0) is 14.3 Å². The van der Waals surface area contributed by atoms with E-state index in [1.807, 2.05) is 43.3 Å². The SMILES string of the molecule is C[C@@H](Oc1cc(-c2ccc(N3CCN(C4COC4)CC3)cn2)cc2ncsc12)[C@H]1CNC(=O)C1.C[C@@H](Oc1cc(-c2ccc(N3CCNCC3)cn2)cc2ncsc12)[C@H]1CNC(=O)C1. The average Bonchev–Trinajstić information content (AvgIpc) is 4.15. The first kappa shape index (κ1) is 42.5. The van der Waals surface area contributed by atoms with E-state index in [0.717, 1.165) is 131 Å². The summed E-state index contributed by atoms with van der Waals surface area (Å²) in [5.41, 5.74) is 11.6. The Hall–Kier alpha value is -5.46. The Kier molecular flexibility index (Phi) is 12.6. The third-order valence-electron chi connectivity index (χ3n) is 13.2. The standard InChI is InChI=1S/C25H29N5O3S.C22H25N5O2S/c1-16(18-10-24(31)27-11-18)33-23-9-17(8-22-25(23)34-15-28-22)21-3-2-19(12-26-21)29-4-6-30(7-5-29)20-13-32-14-20;1-14(16-10-21(28)25-11-16)29-20-9-15(8-19-22(20)30-13-26-19)18-3-2-17(12-24-18)27-6-4-23-5-7-27/h2-3,8-9,12,15-16,18,20H,4-7,10-11,13-14H2,1H3,(H,27,31);2-3,8-9,12-14,16,23H,4-7,10-11H2,1H3,(H,25,28)/t16-,18-;14-,16-/m11/s1. The van der Waals surface area contributed by atoms with Gasteiger partial charge in [0.1, 0.15) is 23.7 Å². The molecule has 2 aromatic carbocycles. The van der Waals surface area contributed by atoms with Crippen LogP contribution in [0.5, 0.6) is 11.5 Å². The van der Waals surface area contributed by atoms with Crippen LogP contribution < -0.4 is 35.2 Å². The molecular weight excluding hydrogens is 849 g/mol. The lowest BCUT2D eigenvalue weighted by atomic mass is 10.0. The van der Waals surface area contributed by atoms with E-state index in [2.05, 4.69) is 83.1 Å². The van der Waals surface area contributed by atoms with E-state index in [1.54, 1.807) is 22.7 Å². The molecule has 64 heavy (non-hydrogen) atoms. The van der Waals surface area contributed by atoms with Gasteiger partial charge < -0.3 is 40.0 Å². The molecule has 4 atom stereocenters. The maximum atomic E-state index is 11.6. The van der Waals surface area contributed by atoms with E-state index in [0.29, 0.717) is 32.0 Å². The summed E-state index contributed by atoms with van der Waals surface area (Å²) >= 11 is 3.15. The van der Waals surface area contributed by atoms with E-state index in [1.165, 1.54) is 0 Å². The van der Waals surface area contributed by atoms with Crippen LogP contribution in [0.3, 0.4) is 0 Å². The number of anilines is 2. The number of fused-ring (bicyclic) bond motifs is 2. The summed E-state index contributed by atoms with van der Waals surface area (Å²) in [6.45, 7) is 15.3. The molecule has 5 aliphatic heterocycles. The van der Waals surface area contributed by atoms with Crippen molar-refractivity contribution < 1.29 is 23.8 Å². The first-order valence-electron chi connectivity index (χ1n) is 22.4. The highest BCUT2D eigenvalue weighted by molar-refractivity contribution is 7.17. The van der Waals surface area contributed by atoms with Gasteiger partial charge in [0.2, 0.25) is 11.8 Å². The van der Waals surface area contributed by atoms with Crippen LogP contribution in [0.4, 0.5) is 11.4 Å². The number of rotatable bonds is 11. The second kappa shape index (κ2) is 18.9. The highest BCUT2D eigenvalue weighted by atomic mass is 32.1. The lowest BCUT2D eigenvalue weighted by Crippen LogP contribution is -2.56. The molecular formula is C47H54N10O5S2. The van der Waals surface area contributed by atoms with Crippen LogP contribution in [0.2, 0.25) is 0 Å². The molecule has 0 bridgehead atoms. The summed E-state index contributed by atoms with van der Waals surface area (Å²) in [5, 5.41) is 9.17. The fourth-order valence-corrected chi connectivity index (χ4v) is 10.5. The molecule has 17 heteroatoms. The molecule has 0 unspecified atom stereocenters. The Morgan fingerprint density at radius 3 is 1.58 bits per heavy atom. The minimum Gasteiger partial charge on any atom is -0.489 e. The number of hydrogen-bond acceptors (Lipinski definition) is 15. The number of carbonyl (C=O) groups is 2. The molecule has 0 radical (unpaired) electrons. The first-order valence-corrected chi connectivity index (χ1v) is 24.1. The highest BCUT2D eigenvalue weighted by Gasteiger charge is 2.31. The quantitative estimate of drug-likeness (QED) is 0.151. The van der Waals surface area contributed by atoms with Crippen LogP contribution in [0, 0.1) is 11.8 Å². The largest absolute Gasteiger partial charge is 0.489 e. The van der Waals surface area contributed by atoms with Crippen molar-refractivity contribution in [1.29, 1.82) is 0 Å². The Labute approximate surface area is 380 Å². The molecule has 5 fully saturated rings. The maximum Gasteiger partial charge on any atom is 0.220 e. The van der Waals surface area contributed by atoms with E-state index >= 15 is 0 Å². The number of nitrogens with one attached hydrogen (secondary N) is 3. The number of nitrogens with zero attached hydrogens (tertiary/aromatic N) is 7. The van der Waals surface area contributed by atoms with Gasteiger partial charge in [-0.15, -0.1) is 22.7 Å². The summed E-state index contributed by atoms with van der Waals surface area (Å²) < 4.78 is 20.1. The molecule has 5 aliphatic rings. The minimum absolute atomic E-state index is 0.0625. The predicted octanol–water partition coefficient (Wildman–Crippen LogP) is 5.45. The lowest BCUT2D eigenvalue weighted by Gasteiger charge is -2.43. The van der Waals surface area contributed by atoms with Gasteiger partial charge in [-0.2, -0.15) is 0 Å². The molecule has 0 spiro atoms. The molecule has 11 rings (SSSR count). The van der Waals surface area contributed by atoms with Gasteiger partial charge in [-0.1, -0.05) is 0 Å². The van der Waals surface area contributed by atoms with Crippen molar-refractivity contribution in [2.75, 3.05) is 88.5 Å². The molecule has 5 saturated heterocycles. The third kappa shape index (κ3) is 9.36. The van der Waals surface area contributed by atoms with Crippen molar-refractivity contribution in [2.45, 2.75) is 44.9 Å². The maximum absolute atomic E-state index is 11.6. The fourth-order valence-electron chi connectivity index (χ4n) is 9.05. The van der Waals surface area contributed by atoms with Crippen LogP contribution in [0.25, 0.3) is 42.9 Å². The Morgan fingerprint density at radius 1 is 0.656 bits per heavy atom. The second-order valence-electron chi connectivity index (χ2n) is 17.3. The third-order valence-corrected chi connectivity index (χ3v) is 14.9.